The molecule has 0 fully saturated rings. The number of hydrogen-bond acceptors (Lipinski definition) is 1. The highest BCUT2D eigenvalue weighted by Gasteiger charge is 1.99. The highest BCUT2D eigenvalue weighted by atomic mass is 35.5. The maximum Gasteiger partial charge on any atom is 0.132 e. The largest absolute Gasteiger partial charge is 0.300 e. The molecule has 0 radical (unpaired) electrons. The van der Waals surface area contributed by atoms with E-state index in [-0.39, 0.29) is 0 Å². The summed E-state index contributed by atoms with van der Waals surface area (Å²) in [5.41, 5.74) is 0. The summed E-state index contributed by atoms with van der Waals surface area (Å²) in [7, 11) is 0. The maximum absolute atomic E-state index is 11.2. The zero-order valence-electron chi connectivity index (χ0n) is 9.36. The van der Waals surface area contributed by atoms with Gasteiger partial charge in [-0.05, 0) is 19.3 Å². The zero-order valence-corrected chi connectivity index (χ0v) is 10.1. The molecule has 0 unspecified atom stereocenters. The SMILES string of the molecule is CCCC(=O)CCCCCCCCCl. The Morgan fingerprint density at radius 2 is 1.50 bits per heavy atom. The van der Waals surface area contributed by atoms with Gasteiger partial charge < -0.3 is 0 Å². The first-order valence-electron chi connectivity index (χ1n) is 5.89. The molecular formula is C12H23ClO. The maximum atomic E-state index is 11.2. The molecule has 84 valence electrons. The molecule has 0 N–H and O–H groups in total. The van der Waals surface area contributed by atoms with Crippen LogP contribution in [0.2, 0.25) is 0 Å². The minimum atomic E-state index is 0.438. The zero-order chi connectivity index (χ0) is 10.6. The van der Waals surface area contributed by atoms with Crippen molar-refractivity contribution in [1.29, 1.82) is 0 Å². The molecule has 0 aliphatic carbocycles. The summed E-state index contributed by atoms with van der Waals surface area (Å²) >= 11 is 5.57. The van der Waals surface area contributed by atoms with Gasteiger partial charge in [-0.2, -0.15) is 0 Å². The average molecular weight is 219 g/mol. The lowest BCUT2D eigenvalue weighted by molar-refractivity contribution is -0.119. The number of Topliss-reactive ketones (excluding diaryl/α,β-unsaturated/α-hetero) is 1. The van der Waals surface area contributed by atoms with Gasteiger partial charge in [0.2, 0.25) is 0 Å². The van der Waals surface area contributed by atoms with Gasteiger partial charge in [0, 0.05) is 18.7 Å². The van der Waals surface area contributed by atoms with Crippen LogP contribution in [0.25, 0.3) is 0 Å². The van der Waals surface area contributed by atoms with E-state index in [0.29, 0.717) is 5.78 Å². The van der Waals surface area contributed by atoms with E-state index in [1.54, 1.807) is 0 Å². The molecular weight excluding hydrogens is 196 g/mol. The summed E-state index contributed by atoms with van der Waals surface area (Å²) in [6.07, 6.45) is 9.76. The Bertz CT molecular complexity index is 134. The number of carbonyl (C=O) groups is 1. The normalized spacial score (nSPS) is 10.4. The molecule has 0 bridgehead atoms. The number of alkyl halides is 1. The third kappa shape index (κ3) is 10.0. The molecule has 0 atom stereocenters. The Labute approximate surface area is 93.2 Å². The lowest BCUT2D eigenvalue weighted by atomic mass is 10.1. The fraction of sp³-hybridized carbons (Fsp3) is 0.917. The van der Waals surface area contributed by atoms with Crippen LogP contribution in [0.3, 0.4) is 0 Å². The van der Waals surface area contributed by atoms with Crippen LogP contribution in [0.15, 0.2) is 0 Å². The Morgan fingerprint density at radius 1 is 0.929 bits per heavy atom. The molecule has 0 aliphatic heterocycles. The molecule has 0 aromatic carbocycles. The molecule has 0 spiro atoms. The number of hydrogen-bond donors (Lipinski definition) is 0. The van der Waals surface area contributed by atoms with Crippen molar-refractivity contribution in [1.82, 2.24) is 0 Å². The van der Waals surface area contributed by atoms with Gasteiger partial charge in [0.1, 0.15) is 5.78 Å². The molecule has 14 heavy (non-hydrogen) atoms. The molecule has 0 aromatic heterocycles. The lowest BCUT2D eigenvalue weighted by Gasteiger charge is -2.00. The lowest BCUT2D eigenvalue weighted by Crippen LogP contribution is -1.96. The summed E-state index contributed by atoms with van der Waals surface area (Å²) in [5.74, 6) is 1.22. The van der Waals surface area contributed by atoms with Crippen LogP contribution in [-0.2, 0) is 4.79 Å². The van der Waals surface area contributed by atoms with E-state index in [0.717, 1.165) is 38.0 Å². The van der Waals surface area contributed by atoms with E-state index in [2.05, 4.69) is 6.92 Å². The summed E-state index contributed by atoms with van der Waals surface area (Å²) < 4.78 is 0. The second kappa shape index (κ2) is 11.0. The van der Waals surface area contributed by atoms with Crippen LogP contribution in [0.1, 0.15) is 64.7 Å². The molecule has 0 aromatic rings. The van der Waals surface area contributed by atoms with E-state index in [9.17, 15) is 4.79 Å². The first-order valence-corrected chi connectivity index (χ1v) is 6.42. The Morgan fingerprint density at radius 3 is 2.07 bits per heavy atom. The second-order valence-electron chi connectivity index (χ2n) is 3.85. The van der Waals surface area contributed by atoms with Crippen LogP contribution in [0.4, 0.5) is 0 Å². The van der Waals surface area contributed by atoms with Gasteiger partial charge in [-0.25, -0.2) is 0 Å². The van der Waals surface area contributed by atoms with Gasteiger partial charge in [0.05, 0.1) is 0 Å². The van der Waals surface area contributed by atoms with Crippen LogP contribution < -0.4 is 0 Å². The number of ketones is 1. The molecule has 0 heterocycles. The van der Waals surface area contributed by atoms with Gasteiger partial charge in [-0.3, -0.25) is 4.79 Å². The predicted molar refractivity (Wildman–Crippen MR) is 63.0 cm³/mol. The van der Waals surface area contributed by atoms with Crippen molar-refractivity contribution >= 4 is 17.4 Å². The number of carbonyl (C=O) groups excluding carboxylic acids is 1. The summed E-state index contributed by atoms with van der Waals surface area (Å²) in [4.78, 5) is 11.2. The van der Waals surface area contributed by atoms with E-state index in [1.807, 2.05) is 0 Å². The van der Waals surface area contributed by atoms with E-state index < -0.39 is 0 Å². The van der Waals surface area contributed by atoms with Gasteiger partial charge in [-0.15, -0.1) is 11.6 Å². The summed E-state index contributed by atoms with van der Waals surface area (Å²) in [6.45, 7) is 2.06. The van der Waals surface area contributed by atoms with Crippen molar-refractivity contribution in [2.24, 2.45) is 0 Å². The minimum absolute atomic E-state index is 0.438. The molecule has 0 rings (SSSR count). The van der Waals surface area contributed by atoms with Crippen molar-refractivity contribution in [3.63, 3.8) is 0 Å². The molecule has 0 amide bonds. The molecule has 2 heteroatoms. The third-order valence-corrected chi connectivity index (χ3v) is 2.64. The van der Waals surface area contributed by atoms with Crippen LogP contribution >= 0.6 is 11.6 Å². The first kappa shape index (κ1) is 14.0. The predicted octanol–water partition coefficient (Wildman–Crippen LogP) is 4.33. The molecule has 0 saturated heterocycles. The fourth-order valence-corrected chi connectivity index (χ4v) is 1.72. The smallest absolute Gasteiger partial charge is 0.132 e. The molecule has 1 nitrogen and oxygen atoms in total. The summed E-state index contributed by atoms with van der Waals surface area (Å²) in [5, 5.41) is 0. The Hall–Kier alpha value is -0.0400. The van der Waals surface area contributed by atoms with Crippen molar-refractivity contribution in [2.45, 2.75) is 64.7 Å². The van der Waals surface area contributed by atoms with Crippen LogP contribution in [-0.4, -0.2) is 11.7 Å². The quantitative estimate of drug-likeness (QED) is 0.394. The average Bonchev–Trinajstić information content (AvgIpc) is 2.17. The van der Waals surface area contributed by atoms with E-state index >= 15 is 0 Å². The monoisotopic (exact) mass is 218 g/mol. The molecule has 0 aliphatic rings. The standard InChI is InChI=1S/C12H23ClO/c1-2-9-12(14)10-7-5-3-4-6-8-11-13/h2-11H2,1H3. The fourth-order valence-electron chi connectivity index (χ4n) is 1.53. The third-order valence-electron chi connectivity index (χ3n) is 2.37. The Kier molecular flexibility index (Phi) is 11.0. The van der Waals surface area contributed by atoms with Gasteiger partial charge >= 0.3 is 0 Å². The van der Waals surface area contributed by atoms with Gasteiger partial charge in [-0.1, -0.05) is 32.6 Å². The second-order valence-corrected chi connectivity index (χ2v) is 4.23. The van der Waals surface area contributed by atoms with Crippen LogP contribution in [0, 0.1) is 0 Å². The Balaban J connectivity index is 3.01. The summed E-state index contributed by atoms with van der Waals surface area (Å²) in [6, 6.07) is 0. The van der Waals surface area contributed by atoms with Crippen molar-refractivity contribution in [3.05, 3.63) is 0 Å². The number of rotatable bonds is 10. The highest BCUT2D eigenvalue weighted by molar-refractivity contribution is 6.17. The van der Waals surface area contributed by atoms with Crippen molar-refractivity contribution < 1.29 is 4.79 Å². The first-order chi connectivity index (χ1) is 6.81. The van der Waals surface area contributed by atoms with Crippen LogP contribution in [0.5, 0.6) is 0 Å². The van der Waals surface area contributed by atoms with Crippen molar-refractivity contribution in [2.75, 3.05) is 5.88 Å². The topological polar surface area (TPSA) is 17.1 Å². The number of halogens is 1. The number of unbranched alkanes of at least 4 members (excludes halogenated alkanes) is 5. The highest BCUT2D eigenvalue weighted by Crippen LogP contribution is 2.08. The van der Waals surface area contributed by atoms with Gasteiger partial charge in [0.25, 0.3) is 0 Å². The van der Waals surface area contributed by atoms with E-state index in [4.69, 9.17) is 11.6 Å². The van der Waals surface area contributed by atoms with Crippen molar-refractivity contribution in [3.8, 4) is 0 Å². The van der Waals surface area contributed by atoms with Gasteiger partial charge in [0.15, 0.2) is 0 Å². The minimum Gasteiger partial charge on any atom is -0.300 e. The molecule has 0 saturated carbocycles. The van der Waals surface area contributed by atoms with E-state index in [1.165, 1.54) is 25.7 Å².